The van der Waals surface area contributed by atoms with Crippen LogP contribution < -0.4 is 5.32 Å². The molecule has 1 aromatic carbocycles. The molecule has 16 heavy (non-hydrogen) atoms. The van der Waals surface area contributed by atoms with Gasteiger partial charge in [0.1, 0.15) is 0 Å². The Bertz CT molecular complexity index is 432. The zero-order valence-electron chi connectivity index (χ0n) is 10.1. The highest BCUT2D eigenvalue weighted by Crippen LogP contribution is 2.31. The third kappa shape index (κ3) is 2.25. The maximum Gasteiger partial charge on any atom is 0.0409 e. The van der Waals surface area contributed by atoms with Gasteiger partial charge in [0, 0.05) is 16.8 Å². The van der Waals surface area contributed by atoms with E-state index in [1.165, 1.54) is 22.4 Å². The van der Waals surface area contributed by atoms with Gasteiger partial charge in [-0.3, -0.25) is 0 Å². The summed E-state index contributed by atoms with van der Waals surface area (Å²) in [5, 5.41) is 4.37. The van der Waals surface area contributed by atoms with Gasteiger partial charge in [0.05, 0.1) is 0 Å². The summed E-state index contributed by atoms with van der Waals surface area (Å²) in [4.78, 5) is 0. The molecular weight excluding hydrogens is 218 g/mol. The molecule has 1 nitrogen and oxygen atoms in total. The van der Waals surface area contributed by atoms with E-state index in [1.807, 2.05) is 6.07 Å². The first-order valence-electron chi connectivity index (χ1n) is 5.83. The lowest BCUT2D eigenvalue weighted by Crippen LogP contribution is -2.25. The molecular formula is C14H18ClN. The Balaban J connectivity index is 2.38. The van der Waals surface area contributed by atoms with Gasteiger partial charge in [-0.05, 0) is 62.4 Å². The van der Waals surface area contributed by atoms with E-state index in [-0.39, 0.29) is 0 Å². The van der Waals surface area contributed by atoms with Crippen molar-refractivity contribution in [2.75, 3.05) is 0 Å². The van der Waals surface area contributed by atoms with Crippen molar-refractivity contribution in [1.29, 1.82) is 0 Å². The van der Waals surface area contributed by atoms with E-state index in [9.17, 15) is 0 Å². The van der Waals surface area contributed by atoms with E-state index in [0.717, 1.165) is 17.9 Å². The highest BCUT2D eigenvalue weighted by Gasteiger charge is 2.16. The van der Waals surface area contributed by atoms with E-state index in [2.05, 4.69) is 38.2 Å². The molecule has 2 heteroatoms. The van der Waals surface area contributed by atoms with E-state index >= 15 is 0 Å². The smallest absolute Gasteiger partial charge is 0.0409 e. The lowest BCUT2D eigenvalue weighted by atomic mass is 9.89. The maximum absolute atomic E-state index is 6.01. The minimum atomic E-state index is 0.499. The second-order valence-electron chi connectivity index (χ2n) is 4.70. The fourth-order valence-corrected chi connectivity index (χ4v) is 2.47. The summed E-state index contributed by atoms with van der Waals surface area (Å²) < 4.78 is 0. The Labute approximate surface area is 103 Å². The average Bonchev–Trinajstić information content (AvgIpc) is 2.22. The van der Waals surface area contributed by atoms with Gasteiger partial charge in [-0.25, -0.2) is 0 Å². The quantitative estimate of drug-likeness (QED) is 0.817. The van der Waals surface area contributed by atoms with Crippen molar-refractivity contribution in [2.45, 2.75) is 39.7 Å². The highest BCUT2D eigenvalue weighted by atomic mass is 35.5. The molecule has 0 heterocycles. The lowest BCUT2D eigenvalue weighted by molar-refractivity contribution is 0.637. The SMILES string of the molecule is CC1=C(NC(C)C)CCc2cc(Cl)ccc21. The van der Waals surface area contributed by atoms with Crippen LogP contribution in [0.5, 0.6) is 0 Å². The van der Waals surface area contributed by atoms with Gasteiger partial charge < -0.3 is 5.32 Å². The highest BCUT2D eigenvalue weighted by molar-refractivity contribution is 6.30. The first-order chi connectivity index (χ1) is 7.58. The summed E-state index contributed by atoms with van der Waals surface area (Å²) in [6, 6.07) is 6.70. The largest absolute Gasteiger partial charge is 0.386 e. The molecule has 0 unspecified atom stereocenters. The minimum absolute atomic E-state index is 0.499. The molecule has 2 rings (SSSR count). The summed E-state index contributed by atoms with van der Waals surface area (Å²) in [5.74, 6) is 0. The van der Waals surface area contributed by atoms with Crippen LogP contribution in [0.25, 0.3) is 5.57 Å². The summed E-state index contributed by atoms with van der Waals surface area (Å²) in [5.41, 5.74) is 5.47. The number of hydrogen-bond donors (Lipinski definition) is 1. The maximum atomic E-state index is 6.01. The van der Waals surface area contributed by atoms with Gasteiger partial charge in [0.25, 0.3) is 0 Å². The molecule has 0 radical (unpaired) electrons. The number of halogens is 1. The fourth-order valence-electron chi connectivity index (χ4n) is 2.27. The molecule has 0 spiro atoms. The van der Waals surface area contributed by atoms with Crippen molar-refractivity contribution in [2.24, 2.45) is 0 Å². The van der Waals surface area contributed by atoms with Gasteiger partial charge in [0.15, 0.2) is 0 Å². The Hall–Kier alpha value is -0.950. The number of hydrogen-bond acceptors (Lipinski definition) is 1. The van der Waals surface area contributed by atoms with Crippen LogP contribution in [-0.2, 0) is 6.42 Å². The van der Waals surface area contributed by atoms with Crippen LogP contribution in [0.1, 0.15) is 38.3 Å². The Kier molecular flexibility index (Phi) is 3.25. The summed E-state index contributed by atoms with van der Waals surface area (Å²) in [6.07, 6.45) is 2.18. The average molecular weight is 236 g/mol. The van der Waals surface area contributed by atoms with Crippen molar-refractivity contribution in [3.63, 3.8) is 0 Å². The van der Waals surface area contributed by atoms with Gasteiger partial charge in [-0.2, -0.15) is 0 Å². The predicted octanol–water partition coefficient (Wildman–Crippen LogP) is 4.02. The van der Waals surface area contributed by atoms with Crippen LogP contribution in [0.2, 0.25) is 5.02 Å². The summed E-state index contributed by atoms with van der Waals surface area (Å²) in [6.45, 7) is 6.55. The monoisotopic (exact) mass is 235 g/mol. The number of allylic oxidation sites excluding steroid dienone is 2. The standard InChI is InChI=1S/C14H18ClN/c1-9(2)16-14-7-4-11-8-12(15)5-6-13(11)10(14)3/h5-6,8-9,16H,4,7H2,1-3H3. The zero-order chi connectivity index (χ0) is 11.7. The van der Waals surface area contributed by atoms with Crippen molar-refractivity contribution >= 4 is 17.2 Å². The summed E-state index contributed by atoms with van der Waals surface area (Å²) >= 11 is 6.01. The zero-order valence-corrected chi connectivity index (χ0v) is 10.9. The third-order valence-electron chi connectivity index (χ3n) is 3.03. The molecule has 1 N–H and O–H groups in total. The molecule has 86 valence electrons. The van der Waals surface area contributed by atoms with Crippen LogP contribution >= 0.6 is 11.6 Å². The second kappa shape index (κ2) is 4.50. The van der Waals surface area contributed by atoms with Gasteiger partial charge in [-0.1, -0.05) is 17.7 Å². The van der Waals surface area contributed by atoms with Gasteiger partial charge >= 0.3 is 0 Å². The van der Waals surface area contributed by atoms with Crippen LogP contribution in [0.3, 0.4) is 0 Å². The topological polar surface area (TPSA) is 12.0 Å². The third-order valence-corrected chi connectivity index (χ3v) is 3.27. The molecule has 1 aliphatic carbocycles. The van der Waals surface area contributed by atoms with E-state index in [4.69, 9.17) is 11.6 Å². The Morgan fingerprint density at radius 1 is 1.25 bits per heavy atom. The minimum Gasteiger partial charge on any atom is -0.386 e. The number of rotatable bonds is 2. The van der Waals surface area contributed by atoms with Crippen LogP contribution in [-0.4, -0.2) is 6.04 Å². The number of fused-ring (bicyclic) bond motifs is 1. The number of nitrogens with one attached hydrogen (secondary N) is 1. The molecule has 0 saturated heterocycles. The fraction of sp³-hybridized carbons (Fsp3) is 0.429. The van der Waals surface area contributed by atoms with Gasteiger partial charge in [0.2, 0.25) is 0 Å². The molecule has 1 aromatic rings. The number of benzene rings is 1. The lowest BCUT2D eigenvalue weighted by Gasteiger charge is -2.24. The summed E-state index contributed by atoms with van der Waals surface area (Å²) in [7, 11) is 0. The van der Waals surface area contributed by atoms with Crippen molar-refractivity contribution < 1.29 is 0 Å². The van der Waals surface area contributed by atoms with E-state index in [1.54, 1.807) is 0 Å². The van der Waals surface area contributed by atoms with Crippen molar-refractivity contribution in [3.05, 3.63) is 40.0 Å². The van der Waals surface area contributed by atoms with E-state index < -0.39 is 0 Å². The van der Waals surface area contributed by atoms with Crippen LogP contribution in [0.4, 0.5) is 0 Å². The van der Waals surface area contributed by atoms with Crippen LogP contribution in [0, 0.1) is 0 Å². The predicted molar refractivity (Wildman–Crippen MR) is 70.6 cm³/mol. The van der Waals surface area contributed by atoms with Crippen molar-refractivity contribution in [3.8, 4) is 0 Å². The molecule has 0 bridgehead atoms. The van der Waals surface area contributed by atoms with Gasteiger partial charge in [-0.15, -0.1) is 0 Å². The molecule has 1 aliphatic rings. The Morgan fingerprint density at radius 2 is 2.00 bits per heavy atom. The molecule has 0 saturated carbocycles. The van der Waals surface area contributed by atoms with Crippen molar-refractivity contribution in [1.82, 2.24) is 5.32 Å². The Morgan fingerprint density at radius 3 is 2.69 bits per heavy atom. The van der Waals surface area contributed by atoms with Crippen LogP contribution in [0.15, 0.2) is 23.9 Å². The first-order valence-corrected chi connectivity index (χ1v) is 6.21. The molecule has 0 aromatic heterocycles. The molecule has 0 amide bonds. The second-order valence-corrected chi connectivity index (χ2v) is 5.14. The molecule has 0 fully saturated rings. The van der Waals surface area contributed by atoms with E-state index in [0.29, 0.717) is 6.04 Å². The number of aryl methyl sites for hydroxylation is 1. The molecule has 0 aliphatic heterocycles. The molecule has 0 atom stereocenters. The normalized spacial score (nSPS) is 15.3. The first kappa shape index (κ1) is 11.5.